The molecule has 0 aliphatic carbocycles. The fraction of sp³-hybridized carbons (Fsp3) is 0.370. The highest BCUT2D eigenvalue weighted by molar-refractivity contribution is 5.98. The average molecular weight is 492 g/mol. The lowest BCUT2D eigenvalue weighted by atomic mass is 9.96. The van der Waals surface area contributed by atoms with Crippen LogP contribution in [0.15, 0.2) is 64.2 Å². The maximum Gasteiger partial charge on any atom is 0.330 e. The van der Waals surface area contributed by atoms with Crippen LogP contribution in [0.25, 0.3) is 0 Å². The van der Waals surface area contributed by atoms with Crippen molar-refractivity contribution in [2.24, 2.45) is 0 Å². The Morgan fingerprint density at radius 1 is 1.14 bits per heavy atom. The molecule has 0 radical (unpaired) electrons. The van der Waals surface area contributed by atoms with E-state index in [1.165, 1.54) is 15.0 Å². The molecular formula is C27H33N5O4. The summed E-state index contributed by atoms with van der Waals surface area (Å²) in [5, 5.41) is 0. The molecule has 2 heterocycles. The van der Waals surface area contributed by atoms with Gasteiger partial charge in [0.05, 0.1) is 13.1 Å². The van der Waals surface area contributed by atoms with Crippen molar-refractivity contribution < 1.29 is 9.53 Å². The zero-order chi connectivity index (χ0) is 25.7. The Kier molecular flexibility index (Phi) is 7.90. The van der Waals surface area contributed by atoms with Crippen LogP contribution >= 0.6 is 0 Å². The number of fused-ring (bicyclic) bond motifs is 1. The van der Waals surface area contributed by atoms with E-state index < -0.39 is 11.2 Å². The van der Waals surface area contributed by atoms with E-state index in [2.05, 4.69) is 22.9 Å². The van der Waals surface area contributed by atoms with E-state index in [4.69, 9.17) is 10.5 Å². The summed E-state index contributed by atoms with van der Waals surface area (Å²) in [5.41, 5.74) is 8.18. The second kappa shape index (κ2) is 11.3. The molecule has 1 amide bonds. The maximum atomic E-state index is 13.8. The third-order valence-electron chi connectivity index (χ3n) is 6.67. The average Bonchev–Trinajstić information content (AvgIpc) is 2.88. The van der Waals surface area contributed by atoms with Gasteiger partial charge in [-0.05, 0) is 43.4 Å². The minimum atomic E-state index is -0.681. The normalized spacial score (nSPS) is 14.9. The van der Waals surface area contributed by atoms with Crippen molar-refractivity contribution in [3.63, 3.8) is 0 Å². The van der Waals surface area contributed by atoms with Gasteiger partial charge in [0.25, 0.3) is 5.56 Å². The van der Waals surface area contributed by atoms with Gasteiger partial charge in [0.2, 0.25) is 5.91 Å². The number of carbonyl (C=O) groups excluding carboxylic acids is 1. The van der Waals surface area contributed by atoms with Crippen LogP contribution < -0.4 is 26.8 Å². The number of benzene rings is 2. The van der Waals surface area contributed by atoms with Crippen LogP contribution in [0.5, 0.6) is 0 Å². The predicted octanol–water partition coefficient (Wildman–Crippen LogP) is 2.38. The Balaban J connectivity index is 1.70. The van der Waals surface area contributed by atoms with Gasteiger partial charge >= 0.3 is 5.69 Å². The number of anilines is 3. The van der Waals surface area contributed by atoms with E-state index in [9.17, 15) is 14.4 Å². The molecule has 9 heteroatoms. The van der Waals surface area contributed by atoms with Gasteiger partial charge in [-0.25, -0.2) is 4.79 Å². The molecule has 0 spiro atoms. The van der Waals surface area contributed by atoms with Gasteiger partial charge in [0.1, 0.15) is 5.82 Å². The van der Waals surface area contributed by atoms with Crippen LogP contribution in [0.3, 0.4) is 0 Å². The summed E-state index contributed by atoms with van der Waals surface area (Å²) < 4.78 is 6.48. The Morgan fingerprint density at radius 2 is 1.86 bits per heavy atom. The molecule has 2 aromatic carbocycles. The second-order valence-electron chi connectivity index (χ2n) is 9.10. The largest absolute Gasteiger partial charge is 0.385 e. The summed E-state index contributed by atoms with van der Waals surface area (Å²) >= 11 is 0. The Morgan fingerprint density at radius 3 is 2.61 bits per heavy atom. The van der Waals surface area contributed by atoms with Crippen molar-refractivity contribution in [3.05, 3.63) is 86.6 Å². The molecule has 3 aromatic rings. The number of nitrogens with zero attached hydrogens (tertiary/aromatic N) is 3. The smallest absolute Gasteiger partial charge is 0.330 e. The number of aryl methyl sites for hydroxylation is 1. The zero-order valence-corrected chi connectivity index (χ0v) is 20.8. The number of hydrogen-bond acceptors (Lipinski definition) is 6. The van der Waals surface area contributed by atoms with E-state index in [1.54, 1.807) is 7.11 Å². The van der Waals surface area contributed by atoms with Gasteiger partial charge in [0, 0.05) is 32.0 Å². The number of ether oxygens (including phenoxy) is 1. The Hall–Kier alpha value is -3.85. The first-order chi connectivity index (χ1) is 17.4. The molecule has 190 valence electrons. The van der Waals surface area contributed by atoms with Crippen LogP contribution in [0.4, 0.5) is 17.2 Å². The summed E-state index contributed by atoms with van der Waals surface area (Å²) in [5.74, 6) is -0.303. The minimum Gasteiger partial charge on any atom is -0.385 e. The number of methoxy groups -OCH3 is 1. The highest BCUT2D eigenvalue weighted by Crippen LogP contribution is 2.30. The Labute approximate surface area is 210 Å². The molecule has 3 N–H and O–H groups in total. The molecule has 36 heavy (non-hydrogen) atoms. The number of hydrogen-bond donors (Lipinski definition) is 2. The van der Waals surface area contributed by atoms with Crippen LogP contribution in [-0.4, -0.2) is 48.3 Å². The number of nitrogens with one attached hydrogen (secondary N) is 1. The lowest BCUT2D eigenvalue weighted by Crippen LogP contribution is -2.48. The first-order valence-electron chi connectivity index (χ1n) is 12.2. The highest BCUT2D eigenvalue weighted by Gasteiger charge is 2.29. The number of amides is 1. The lowest BCUT2D eigenvalue weighted by Gasteiger charge is -2.38. The number of aromatic nitrogens is 2. The molecule has 4 rings (SSSR count). The monoisotopic (exact) mass is 491 g/mol. The molecule has 1 aliphatic rings. The van der Waals surface area contributed by atoms with E-state index in [0.717, 1.165) is 24.1 Å². The molecule has 1 aliphatic heterocycles. The van der Waals surface area contributed by atoms with Gasteiger partial charge < -0.3 is 20.3 Å². The number of aromatic amines is 1. The highest BCUT2D eigenvalue weighted by atomic mass is 16.5. The van der Waals surface area contributed by atoms with Crippen molar-refractivity contribution in [1.29, 1.82) is 0 Å². The van der Waals surface area contributed by atoms with Crippen molar-refractivity contribution in [2.45, 2.75) is 38.8 Å². The molecule has 0 bridgehead atoms. The fourth-order valence-electron chi connectivity index (χ4n) is 4.72. The number of nitrogens with two attached hydrogens (primary N) is 1. The standard InChI is InChI=1S/C27H33N5O4/c1-19-13-14-21-11-6-7-12-22(21)31(19)18-23(33)30(15-8-16-36-2)24-25(28)32(27(35)29-26(24)34)17-20-9-4-3-5-10-20/h3-7,9-12,19H,8,13-18,28H2,1-2H3,(H,29,34,35). The summed E-state index contributed by atoms with van der Waals surface area (Å²) in [6.07, 6.45) is 2.39. The molecule has 0 saturated heterocycles. The van der Waals surface area contributed by atoms with Gasteiger partial charge in [-0.3, -0.25) is 19.1 Å². The van der Waals surface area contributed by atoms with Crippen LogP contribution in [0, 0.1) is 0 Å². The number of nitrogen functional groups attached to an aromatic ring is 1. The first-order valence-corrected chi connectivity index (χ1v) is 12.2. The van der Waals surface area contributed by atoms with Crippen LogP contribution in [0.2, 0.25) is 0 Å². The predicted molar refractivity (Wildman–Crippen MR) is 142 cm³/mol. The van der Waals surface area contributed by atoms with Crippen molar-refractivity contribution >= 4 is 23.1 Å². The molecule has 1 atom stereocenters. The second-order valence-corrected chi connectivity index (χ2v) is 9.10. The van der Waals surface area contributed by atoms with E-state index in [1.807, 2.05) is 48.5 Å². The Bertz CT molecular complexity index is 1320. The lowest BCUT2D eigenvalue weighted by molar-refractivity contribution is -0.117. The van der Waals surface area contributed by atoms with Gasteiger partial charge in [-0.1, -0.05) is 48.5 Å². The van der Waals surface area contributed by atoms with Crippen molar-refractivity contribution in [3.8, 4) is 0 Å². The number of rotatable bonds is 9. The maximum absolute atomic E-state index is 13.8. The zero-order valence-electron chi connectivity index (χ0n) is 20.8. The summed E-state index contributed by atoms with van der Waals surface area (Å²) in [6, 6.07) is 17.6. The van der Waals surface area contributed by atoms with Crippen molar-refractivity contribution in [2.75, 3.05) is 42.3 Å². The summed E-state index contributed by atoms with van der Waals surface area (Å²) in [7, 11) is 1.58. The van der Waals surface area contributed by atoms with Gasteiger partial charge in [-0.2, -0.15) is 0 Å². The molecule has 0 fully saturated rings. The van der Waals surface area contributed by atoms with E-state index >= 15 is 0 Å². The molecule has 1 aromatic heterocycles. The van der Waals surface area contributed by atoms with Gasteiger partial charge in [0.15, 0.2) is 5.69 Å². The third kappa shape index (κ3) is 5.36. The fourth-order valence-corrected chi connectivity index (χ4v) is 4.72. The van der Waals surface area contributed by atoms with Crippen molar-refractivity contribution in [1.82, 2.24) is 9.55 Å². The van der Waals surface area contributed by atoms with Crippen LogP contribution in [-0.2, 0) is 22.5 Å². The summed E-state index contributed by atoms with van der Waals surface area (Å²) in [6.45, 7) is 3.00. The number of para-hydroxylation sites is 1. The molecule has 1 unspecified atom stereocenters. The van der Waals surface area contributed by atoms with Crippen LogP contribution in [0.1, 0.15) is 30.9 Å². The van der Waals surface area contributed by atoms with Gasteiger partial charge in [-0.15, -0.1) is 0 Å². The van der Waals surface area contributed by atoms with E-state index in [-0.39, 0.29) is 43.1 Å². The molecule has 0 saturated carbocycles. The quantitative estimate of drug-likeness (QED) is 0.445. The molecular weight excluding hydrogens is 458 g/mol. The first kappa shape index (κ1) is 25.2. The summed E-state index contributed by atoms with van der Waals surface area (Å²) in [4.78, 5) is 45.3. The SMILES string of the molecule is COCCCN(C(=O)CN1c2ccccc2CCC1C)c1c(N)n(Cc2ccccc2)c(=O)[nH]c1=O. The third-order valence-corrected chi connectivity index (χ3v) is 6.67. The number of H-pyrrole nitrogens is 1. The van der Waals surface area contributed by atoms with E-state index in [0.29, 0.717) is 13.0 Å². The number of carbonyl (C=O) groups is 1. The topological polar surface area (TPSA) is 114 Å². The minimum absolute atomic E-state index is 0.00965. The molecule has 9 nitrogen and oxygen atoms in total.